The van der Waals surface area contributed by atoms with Crippen molar-refractivity contribution in [3.05, 3.63) is 48.0 Å². The van der Waals surface area contributed by atoms with Crippen LogP contribution in [0.3, 0.4) is 0 Å². The molecule has 0 spiro atoms. The van der Waals surface area contributed by atoms with E-state index in [1.54, 1.807) is 13.0 Å². The molecule has 0 aliphatic carbocycles. The molecule has 0 saturated carbocycles. The molecule has 4 nitrogen and oxygen atoms in total. The van der Waals surface area contributed by atoms with Gasteiger partial charge in [0.15, 0.2) is 0 Å². The molecule has 0 amide bonds. The van der Waals surface area contributed by atoms with Crippen molar-refractivity contribution in [2.24, 2.45) is 0 Å². The average molecular weight is 391 g/mol. The van der Waals surface area contributed by atoms with Crippen LogP contribution in [0.25, 0.3) is 11.1 Å². The lowest BCUT2D eigenvalue weighted by atomic mass is 9.78. The predicted octanol–water partition coefficient (Wildman–Crippen LogP) is 5.49. The van der Waals surface area contributed by atoms with E-state index in [9.17, 15) is 8.78 Å². The molecule has 1 aliphatic heterocycles. The number of anilines is 1. The number of hydrogen-bond donors (Lipinski definition) is 1. The Kier molecular flexibility index (Phi) is 6.11. The number of ether oxygens (including phenoxy) is 1. The van der Waals surface area contributed by atoms with Crippen LogP contribution in [0.5, 0.6) is 5.75 Å². The fourth-order valence-corrected chi connectivity index (χ4v) is 2.87. The molecule has 1 saturated heterocycles. The smallest absolute Gasteiger partial charge is 0.435 e. The molecule has 1 aromatic rings. The molecule has 0 unspecified atom stereocenters. The summed E-state index contributed by atoms with van der Waals surface area (Å²) in [6.07, 6.45) is 1.78. The third-order valence-corrected chi connectivity index (χ3v) is 5.21. The van der Waals surface area contributed by atoms with E-state index in [1.807, 2.05) is 34.6 Å². The van der Waals surface area contributed by atoms with Gasteiger partial charge >= 0.3 is 13.7 Å². The van der Waals surface area contributed by atoms with Crippen molar-refractivity contribution in [1.29, 1.82) is 0 Å². The van der Waals surface area contributed by atoms with Gasteiger partial charge in [0.25, 0.3) is 0 Å². The van der Waals surface area contributed by atoms with Crippen LogP contribution in [0.2, 0.25) is 0 Å². The molecular formula is C21H28BF2NO3. The first kappa shape index (κ1) is 22.2. The molecule has 28 heavy (non-hydrogen) atoms. The maximum Gasteiger partial charge on any atom is 0.490 e. The maximum atomic E-state index is 12.7. The fraction of sp³-hybridized carbons (Fsp3) is 0.429. The third-order valence-electron chi connectivity index (χ3n) is 5.21. The molecule has 1 fully saturated rings. The summed E-state index contributed by atoms with van der Waals surface area (Å²) in [6.45, 7) is 16.5. The van der Waals surface area contributed by atoms with Gasteiger partial charge < -0.3 is 19.8 Å². The molecular weight excluding hydrogens is 363 g/mol. The largest absolute Gasteiger partial charge is 0.490 e. The number of hydrogen-bond acceptors (Lipinski definition) is 4. The number of halogens is 2. The molecule has 0 radical (unpaired) electrons. The van der Waals surface area contributed by atoms with E-state index in [4.69, 9.17) is 15.0 Å². The zero-order valence-corrected chi connectivity index (χ0v) is 17.4. The maximum absolute atomic E-state index is 12.7. The second-order valence-electron chi connectivity index (χ2n) is 8.09. The number of rotatable bonds is 6. The summed E-state index contributed by atoms with van der Waals surface area (Å²) < 4.78 is 42.0. The number of nitrogen functional groups attached to an aromatic ring is 1. The van der Waals surface area contributed by atoms with Crippen molar-refractivity contribution in [3.63, 3.8) is 0 Å². The SMILES string of the molecule is C=C(C)c1cc(OC(F)F)cc(C(=C)/C=C(\C)B2OC(C)(C)C(C)(C)O2)c1N. The average Bonchev–Trinajstić information content (AvgIpc) is 2.76. The molecule has 0 bridgehead atoms. The highest BCUT2D eigenvalue weighted by Crippen LogP contribution is 2.39. The molecule has 0 aromatic heterocycles. The molecule has 2 rings (SSSR count). The zero-order valence-electron chi connectivity index (χ0n) is 17.4. The van der Waals surface area contributed by atoms with Gasteiger partial charge in [-0.2, -0.15) is 8.78 Å². The lowest BCUT2D eigenvalue weighted by Gasteiger charge is -2.32. The van der Waals surface area contributed by atoms with Gasteiger partial charge in [-0.05, 0) is 70.3 Å². The van der Waals surface area contributed by atoms with Gasteiger partial charge in [0, 0.05) is 16.8 Å². The van der Waals surface area contributed by atoms with Gasteiger partial charge in [-0.25, -0.2) is 0 Å². The van der Waals surface area contributed by atoms with Crippen molar-refractivity contribution in [2.45, 2.75) is 59.4 Å². The first-order chi connectivity index (χ1) is 12.7. The predicted molar refractivity (Wildman–Crippen MR) is 111 cm³/mol. The van der Waals surface area contributed by atoms with Crippen LogP contribution in [0, 0.1) is 0 Å². The Morgan fingerprint density at radius 2 is 1.61 bits per heavy atom. The van der Waals surface area contributed by atoms with Gasteiger partial charge in [-0.1, -0.05) is 19.2 Å². The summed E-state index contributed by atoms with van der Waals surface area (Å²) in [5, 5.41) is 0. The van der Waals surface area contributed by atoms with Crippen LogP contribution >= 0.6 is 0 Å². The van der Waals surface area contributed by atoms with E-state index >= 15 is 0 Å². The highest BCUT2D eigenvalue weighted by molar-refractivity contribution is 6.54. The minimum atomic E-state index is -2.94. The number of allylic oxidation sites excluding steroid dienone is 4. The monoisotopic (exact) mass is 391 g/mol. The molecule has 1 heterocycles. The molecule has 7 heteroatoms. The Balaban J connectivity index is 2.39. The van der Waals surface area contributed by atoms with Crippen molar-refractivity contribution in [2.75, 3.05) is 5.73 Å². The summed E-state index contributed by atoms with van der Waals surface area (Å²) in [4.78, 5) is 0. The van der Waals surface area contributed by atoms with Gasteiger partial charge in [0.2, 0.25) is 0 Å². The van der Waals surface area contributed by atoms with Crippen molar-refractivity contribution in [1.82, 2.24) is 0 Å². The van der Waals surface area contributed by atoms with Crippen molar-refractivity contribution < 1.29 is 22.8 Å². The van der Waals surface area contributed by atoms with Crippen LogP contribution < -0.4 is 10.5 Å². The Hall–Kier alpha value is -2.12. The first-order valence-electron chi connectivity index (χ1n) is 9.02. The molecule has 0 atom stereocenters. The van der Waals surface area contributed by atoms with E-state index in [0.717, 1.165) is 5.47 Å². The molecule has 152 valence electrons. The Morgan fingerprint density at radius 3 is 2.07 bits per heavy atom. The van der Waals surface area contributed by atoms with Crippen LogP contribution in [0.4, 0.5) is 14.5 Å². The summed E-state index contributed by atoms with van der Waals surface area (Å²) >= 11 is 0. The standard InChI is InChI=1S/C21H28BF2NO3/c1-12(2)16-10-15(26-19(23)24)11-17(18(16)25)13(3)9-14(4)22-27-20(5,6)21(7,8)28-22/h9-11,19H,1,3,25H2,2,4-8H3/b14-9+. The molecule has 1 aromatic carbocycles. The summed E-state index contributed by atoms with van der Waals surface area (Å²) in [7, 11) is -0.538. The quantitative estimate of drug-likeness (QED) is 0.396. The topological polar surface area (TPSA) is 53.7 Å². The van der Waals surface area contributed by atoms with Gasteiger partial charge in [-0.3, -0.25) is 0 Å². The number of benzene rings is 1. The minimum absolute atomic E-state index is 0.0000334. The highest BCUT2D eigenvalue weighted by Gasteiger charge is 2.51. The number of nitrogens with two attached hydrogens (primary N) is 1. The normalized spacial score (nSPS) is 18.5. The van der Waals surface area contributed by atoms with Crippen LogP contribution in [0.15, 0.2) is 36.8 Å². The van der Waals surface area contributed by atoms with E-state index in [0.29, 0.717) is 28.0 Å². The summed E-state index contributed by atoms with van der Waals surface area (Å²) in [5.74, 6) is 0.0000334. The molecule has 1 aliphatic rings. The van der Waals surface area contributed by atoms with Gasteiger partial charge in [0.1, 0.15) is 5.75 Å². The van der Waals surface area contributed by atoms with E-state index in [2.05, 4.69) is 17.9 Å². The van der Waals surface area contributed by atoms with Crippen molar-refractivity contribution in [3.8, 4) is 5.75 Å². The lowest BCUT2D eigenvalue weighted by Crippen LogP contribution is -2.41. The fourth-order valence-electron chi connectivity index (χ4n) is 2.87. The van der Waals surface area contributed by atoms with E-state index in [1.165, 1.54) is 12.1 Å². The van der Waals surface area contributed by atoms with Gasteiger partial charge in [0.05, 0.1) is 11.2 Å². The molecule has 2 N–H and O–H groups in total. The third kappa shape index (κ3) is 4.47. The summed E-state index contributed by atoms with van der Waals surface area (Å²) in [5.41, 5.74) is 8.70. The number of alkyl halides is 2. The minimum Gasteiger partial charge on any atom is -0.435 e. The summed E-state index contributed by atoms with van der Waals surface area (Å²) in [6, 6.07) is 2.90. The first-order valence-corrected chi connectivity index (χ1v) is 9.02. The van der Waals surface area contributed by atoms with E-state index < -0.39 is 24.9 Å². The lowest BCUT2D eigenvalue weighted by molar-refractivity contribution is -0.0498. The van der Waals surface area contributed by atoms with Crippen LogP contribution in [-0.4, -0.2) is 24.9 Å². The zero-order chi connectivity index (χ0) is 21.4. The second-order valence-corrected chi connectivity index (χ2v) is 8.09. The highest BCUT2D eigenvalue weighted by atomic mass is 19.3. The Bertz CT molecular complexity index is 815. The Morgan fingerprint density at radius 1 is 1.11 bits per heavy atom. The second kappa shape index (κ2) is 7.72. The van der Waals surface area contributed by atoms with E-state index in [-0.39, 0.29) is 5.75 Å². The Labute approximate surface area is 166 Å². The van der Waals surface area contributed by atoms with Crippen LogP contribution in [-0.2, 0) is 9.31 Å². The van der Waals surface area contributed by atoms with Crippen LogP contribution in [0.1, 0.15) is 52.7 Å². The van der Waals surface area contributed by atoms with Gasteiger partial charge in [-0.15, -0.1) is 0 Å². The van der Waals surface area contributed by atoms with Crippen molar-refractivity contribution >= 4 is 24.0 Å².